The Morgan fingerprint density at radius 2 is 2.00 bits per heavy atom. The Balaban J connectivity index is 1.81. The summed E-state index contributed by atoms with van der Waals surface area (Å²) in [6, 6.07) is 7.52. The number of carbonyl (C=O) groups is 2. The number of Topliss-reactive ketones (excluding diaryl/α,β-unsaturated/α-hetero) is 2. The number of ether oxygens (including phenoxy) is 1. The van der Waals surface area contributed by atoms with Crippen LogP contribution in [0.15, 0.2) is 35.7 Å². The normalized spacial score (nSPS) is 10.8. The van der Waals surface area contributed by atoms with E-state index >= 15 is 0 Å². The van der Waals surface area contributed by atoms with Gasteiger partial charge in [0.1, 0.15) is 12.1 Å². The summed E-state index contributed by atoms with van der Waals surface area (Å²) < 4.78 is 7.17. The molecule has 3 rings (SSSR count). The zero-order valence-corrected chi connectivity index (χ0v) is 16.4. The lowest BCUT2D eigenvalue weighted by atomic mass is 10.1. The summed E-state index contributed by atoms with van der Waals surface area (Å²) in [6.45, 7) is 5.09. The number of methoxy groups -OCH3 is 1. The van der Waals surface area contributed by atoms with Gasteiger partial charge in [-0.25, -0.2) is 0 Å². The molecule has 0 unspecified atom stereocenters. The molecule has 0 saturated heterocycles. The third-order valence-corrected chi connectivity index (χ3v) is 5.21. The maximum Gasteiger partial charge on any atom is 0.196 e. The molecule has 0 aliphatic rings. The van der Waals surface area contributed by atoms with E-state index in [1.54, 1.807) is 31.9 Å². The number of aromatic nitrogens is 4. The van der Waals surface area contributed by atoms with Crippen molar-refractivity contribution in [2.24, 2.45) is 0 Å². The standard InChI is InChI=1S/C19H20N4O3S/c1-11-17(13(3)24)12(2)21-18(11)15(25)9-27-19-22-20-10-23(19)14-7-5-6-8-16(14)26-4/h5-8,10,21H,9H2,1-4H3. The van der Waals surface area contributed by atoms with Crippen LogP contribution >= 0.6 is 11.8 Å². The van der Waals surface area contributed by atoms with Gasteiger partial charge in [-0.1, -0.05) is 23.9 Å². The molecule has 0 bridgehead atoms. The van der Waals surface area contributed by atoms with Crippen LogP contribution in [0, 0.1) is 13.8 Å². The fourth-order valence-electron chi connectivity index (χ4n) is 3.08. The molecular weight excluding hydrogens is 364 g/mol. The monoisotopic (exact) mass is 384 g/mol. The highest BCUT2D eigenvalue weighted by Crippen LogP contribution is 2.27. The van der Waals surface area contributed by atoms with Gasteiger partial charge in [0.25, 0.3) is 0 Å². The van der Waals surface area contributed by atoms with Crippen molar-refractivity contribution < 1.29 is 14.3 Å². The molecule has 140 valence electrons. The number of aromatic amines is 1. The number of carbonyl (C=O) groups excluding carboxylic acids is 2. The van der Waals surface area contributed by atoms with Gasteiger partial charge in [-0.3, -0.25) is 14.2 Å². The Hall–Kier alpha value is -2.87. The number of thioether (sulfide) groups is 1. The highest BCUT2D eigenvalue weighted by Gasteiger charge is 2.21. The number of hydrogen-bond acceptors (Lipinski definition) is 6. The van der Waals surface area contributed by atoms with Gasteiger partial charge >= 0.3 is 0 Å². The van der Waals surface area contributed by atoms with Crippen molar-refractivity contribution in [3.8, 4) is 11.4 Å². The number of para-hydroxylation sites is 2. The minimum atomic E-state index is -0.0947. The molecule has 2 heterocycles. The summed E-state index contributed by atoms with van der Waals surface area (Å²) in [5.74, 6) is 0.713. The SMILES string of the molecule is COc1ccccc1-n1cnnc1SCC(=O)c1[nH]c(C)c(C(C)=O)c1C. The van der Waals surface area contributed by atoms with Crippen molar-refractivity contribution in [3.05, 3.63) is 53.1 Å². The second-order valence-electron chi connectivity index (χ2n) is 6.05. The van der Waals surface area contributed by atoms with Crippen molar-refractivity contribution in [1.29, 1.82) is 0 Å². The van der Waals surface area contributed by atoms with Gasteiger partial charge in [-0.2, -0.15) is 0 Å². The van der Waals surface area contributed by atoms with Crippen LogP contribution in [-0.2, 0) is 0 Å². The fraction of sp³-hybridized carbons (Fsp3) is 0.263. The molecule has 0 atom stereocenters. The fourth-order valence-corrected chi connectivity index (χ4v) is 3.87. The summed E-state index contributed by atoms with van der Waals surface area (Å²) in [7, 11) is 1.60. The molecule has 0 saturated carbocycles. The summed E-state index contributed by atoms with van der Waals surface area (Å²) in [5.41, 5.74) is 3.25. The Morgan fingerprint density at radius 3 is 2.67 bits per heavy atom. The molecule has 0 aliphatic carbocycles. The van der Waals surface area contributed by atoms with E-state index in [4.69, 9.17) is 4.74 Å². The van der Waals surface area contributed by atoms with E-state index in [2.05, 4.69) is 15.2 Å². The Bertz CT molecular complexity index is 1010. The molecule has 0 amide bonds. The quantitative estimate of drug-likeness (QED) is 0.496. The molecule has 0 spiro atoms. The van der Waals surface area contributed by atoms with Crippen molar-refractivity contribution in [2.45, 2.75) is 25.9 Å². The number of H-pyrrole nitrogens is 1. The third-order valence-electron chi connectivity index (χ3n) is 4.26. The molecule has 27 heavy (non-hydrogen) atoms. The maximum atomic E-state index is 12.7. The van der Waals surface area contributed by atoms with Crippen LogP contribution in [0.2, 0.25) is 0 Å². The Kier molecular flexibility index (Phi) is 5.46. The summed E-state index contributed by atoms with van der Waals surface area (Å²) in [4.78, 5) is 27.5. The van der Waals surface area contributed by atoms with E-state index in [0.29, 0.717) is 33.4 Å². The second kappa shape index (κ2) is 7.79. The van der Waals surface area contributed by atoms with Crippen LogP contribution < -0.4 is 4.74 Å². The number of aryl methyl sites for hydroxylation is 1. The largest absolute Gasteiger partial charge is 0.495 e. The summed E-state index contributed by atoms with van der Waals surface area (Å²) in [6.07, 6.45) is 1.59. The number of nitrogens with zero attached hydrogens (tertiary/aromatic N) is 3. The smallest absolute Gasteiger partial charge is 0.196 e. The van der Waals surface area contributed by atoms with Crippen molar-refractivity contribution >= 4 is 23.3 Å². The predicted octanol–water partition coefficient (Wildman–Crippen LogP) is 3.40. The minimum absolute atomic E-state index is 0.0520. The Morgan fingerprint density at radius 1 is 1.26 bits per heavy atom. The van der Waals surface area contributed by atoms with Crippen LogP contribution in [-0.4, -0.2) is 44.2 Å². The molecule has 8 heteroatoms. The molecule has 2 aromatic heterocycles. The summed E-state index contributed by atoms with van der Waals surface area (Å²) in [5, 5.41) is 8.65. The molecule has 1 aromatic carbocycles. The van der Waals surface area contributed by atoms with Gasteiger partial charge < -0.3 is 9.72 Å². The maximum absolute atomic E-state index is 12.7. The molecule has 7 nitrogen and oxygen atoms in total. The summed E-state index contributed by atoms with van der Waals surface area (Å²) >= 11 is 1.28. The number of ketones is 2. The predicted molar refractivity (Wildman–Crippen MR) is 103 cm³/mol. The van der Waals surface area contributed by atoms with E-state index in [0.717, 1.165) is 5.69 Å². The van der Waals surface area contributed by atoms with Crippen LogP contribution in [0.5, 0.6) is 5.75 Å². The van der Waals surface area contributed by atoms with Crippen LogP contribution in [0.4, 0.5) is 0 Å². The van der Waals surface area contributed by atoms with E-state index < -0.39 is 0 Å². The van der Waals surface area contributed by atoms with Gasteiger partial charge in [-0.15, -0.1) is 10.2 Å². The Labute approximate surface area is 161 Å². The van der Waals surface area contributed by atoms with Gasteiger partial charge in [0.15, 0.2) is 16.7 Å². The number of hydrogen-bond donors (Lipinski definition) is 1. The lowest BCUT2D eigenvalue weighted by Crippen LogP contribution is -2.07. The number of nitrogens with one attached hydrogen (secondary N) is 1. The first-order valence-corrected chi connectivity index (χ1v) is 9.32. The first-order chi connectivity index (χ1) is 12.9. The lowest BCUT2D eigenvalue weighted by molar-refractivity contribution is 0.101. The molecule has 0 radical (unpaired) electrons. The van der Waals surface area contributed by atoms with E-state index in [1.165, 1.54) is 18.7 Å². The third kappa shape index (κ3) is 3.66. The first-order valence-electron chi connectivity index (χ1n) is 8.33. The average molecular weight is 384 g/mol. The van der Waals surface area contributed by atoms with Crippen molar-refractivity contribution in [3.63, 3.8) is 0 Å². The van der Waals surface area contributed by atoms with Crippen LogP contribution in [0.1, 0.15) is 39.0 Å². The zero-order chi connectivity index (χ0) is 19.6. The van der Waals surface area contributed by atoms with Gasteiger partial charge in [0.05, 0.1) is 24.2 Å². The molecular formula is C19H20N4O3S. The lowest BCUT2D eigenvalue weighted by Gasteiger charge is -2.10. The average Bonchev–Trinajstić information content (AvgIpc) is 3.23. The number of benzene rings is 1. The molecule has 0 aliphatic heterocycles. The second-order valence-corrected chi connectivity index (χ2v) is 6.99. The minimum Gasteiger partial charge on any atom is -0.495 e. The first kappa shape index (κ1) is 18.9. The van der Waals surface area contributed by atoms with Gasteiger partial charge in [0, 0.05) is 11.3 Å². The highest BCUT2D eigenvalue weighted by atomic mass is 32.2. The number of rotatable bonds is 7. The zero-order valence-electron chi connectivity index (χ0n) is 15.6. The molecule has 3 aromatic rings. The van der Waals surface area contributed by atoms with Gasteiger partial charge in [-0.05, 0) is 38.5 Å². The van der Waals surface area contributed by atoms with E-state index in [9.17, 15) is 9.59 Å². The van der Waals surface area contributed by atoms with E-state index in [1.807, 2.05) is 24.3 Å². The molecule has 0 fully saturated rings. The highest BCUT2D eigenvalue weighted by molar-refractivity contribution is 7.99. The topological polar surface area (TPSA) is 89.9 Å². The van der Waals surface area contributed by atoms with Crippen molar-refractivity contribution in [1.82, 2.24) is 19.7 Å². The van der Waals surface area contributed by atoms with Crippen LogP contribution in [0.25, 0.3) is 5.69 Å². The van der Waals surface area contributed by atoms with E-state index in [-0.39, 0.29) is 17.3 Å². The van der Waals surface area contributed by atoms with Crippen molar-refractivity contribution in [2.75, 3.05) is 12.9 Å². The van der Waals surface area contributed by atoms with Crippen LogP contribution in [0.3, 0.4) is 0 Å². The molecule has 1 N–H and O–H groups in total. The van der Waals surface area contributed by atoms with Gasteiger partial charge in [0.2, 0.25) is 0 Å².